The summed E-state index contributed by atoms with van der Waals surface area (Å²) in [5, 5.41) is 23.2. The molecule has 0 heterocycles. The average molecular weight is 356 g/mol. The van der Waals surface area contributed by atoms with E-state index in [0.29, 0.717) is 24.0 Å². The molecule has 2 aromatic rings. The van der Waals surface area contributed by atoms with Crippen molar-refractivity contribution >= 4 is 11.4 Å². The lowest BCUT2D eigenvalue weighted by Crippen LogP contribution is -2.10. The second-order valence-electron chi connectivity index (χ2n) is 6.44. The first-order valence-corrected chi connectivity index (χ1v) is 8.94. The number of nitrogens with zero attached hydrogens (tertiary/aromatic N) is 2. The molecule has 0 fully saturated rings. The van der Waals surface area contributed by atoms with Crippen molar-refractivity contribution in [3.8, 4) is 0 Å². The number of rotatable bonds is 8. The van der Waals surface area contributed by atoms with E-state index in [9.17, 15) is 20.2 Å². The van der Waals surface area contributed by atoms with Gasteiger partial charge in [0.05, 0.1) is 9.85 Å². The Bertz CT molecular complexity index is 750. The van der Waals surface area contributed by atoms with Gasteiger partial charge in [-0.2, -0.15) is 0 Å². The zero-order valence-electron chi connectivity index (χ0n) is 15.4. The minimum Gasteiger partial charge on any atom is -0.258 e. The lowest BCUT2D eigenvalue weighted by Gasteiger charge is -2.20. The van der Waals surface area contributed by atoms with Gasteiger partial charge in [0, 0.05) is 29.2 Å². The second kappa shape index (κ2) is 8.56. The lowest BCUT2D eigenvalue weighted by molar-refractivity contribution is -0.386. The Balaban J connectivity index is 2.75. The summed E-state index contributed by atoms with van der Waals surface area (Å²) in [6, 6.07) is 10.1. The molecule has 0 aromatic heterocycles. The van der Waals surface area contributed by atoms with E-state index in [1.165, 1.54) is 12.1 Å². The fourth-order valence-electron chi connectivity index (χ4n) is 3.64. The zero-order valence-corrected chi connectivity index (χ0v) is 15.4. The van der Waals surface area contributed by atoms with Gasteiger partial charge in [-0.05, 0) is 24.0 Å². The molecule has 6 heteroatoms. The standard InChI is InChI=1S/C20H24N2O4/c1-4-8-15-10-6-12-17(21(23)24)19(15)14(3)20-16(9-5-2)11-7-13-18(20)22(25)26/h6-7,10-14H,4-5,8-9H2,1-3H3. The number of nitro groups is 2. The van der Waals surface area contributed by atoms with Crippen LogP contribution in [-0.4, -0.2) is 9.85 Å². The SMILES string of the molecule is CCCc1cccc([N+](=O)[O-])c1C(C)c1c(CCC)cccc1[N+](=O)[O-]. The topological polar surface area (TPSA) is 86.3 Å². The second-order valence-corrected chi connectivity index (χ2v) is 6.44. The number of aryl methyl sites for hydroxylation is 2. The Kier molecular flexibility index (Phi) is 6.44. The van der Waals surface area contributed by atoms with Crippen molar-refractivity contribution in [1.29, 1.82) is 0 Å². The summed E-state index contributed by atoms with van der Waals surface area (Å²) >= 11 is 0. The summed E-state index contributed by atoms with van der Waals surface area (Å²) in [5.74, 6) is -0.429. The third-order valence-electron chi connectivity index (χ3n) is 4.64. The van der Waals surface area contributed by atoms with E-state index in [4.69, 9.17) is 0 Å². The predicted molar refractivity (Wildman–Crippen MR) is 102 cm³/mol. The molecule has 0 saturated carbocycles. The minimum absolute atomic E-state index is 0.0315. The molecular weight excluding hydrogens is 332 g/mol. The molecule has 0 saturated heterocycles. The summed E-state index contributed by atoms with van der Waals surface area (Å²) < 4.78 is 0. The van der Waals surface area contributed by atoms with Crippen LogP contribution in [-0.2, 0) is 12.8 Å². The Hall–Kier alpha value is -2.76. The predicted octanol–water partition coefficient (Wildman–Crippen LogP) is 5.56. The van der Waals surface area contributed by atoms with Crippen molar-refractivity contribution < 1.29 is 9.85 Å². The average Bonchev–Trinajstić information content (AvgIpc) is 2.61. The van der Waals surface area contributed by atoms with E-state index in [1.807, 2.05) is 32.9 Å². The van der Waals surface area contributed by atoms with Gasteiger partial charge in [-0.3, -0.25) is 20.2 Å². The minimum atomic E-state index is -0.429. The number of hydrogen-bond donors (Lipinski definition) is 0. The summed E-state index contributed by atoms with van der Waals surface area (Å²) in [6.07, 6.45) is 3.09. The number of nitro benzene ring substituents is 2. The molecule has 2 rings (SSSR count). The van der Waals surface area contributed by atoms with Crippen LogP contribution in [0.2, 0.25) is 0 Å². The van der Waals surface area contributed by atoms with E-state index < -0.39 is 5.92 Å². The van der Waals surface area contributed by atoms with Crippen LogP contribution in [0.1, 0.15) is 61.8 Å². The summed E-state index contributed by atoms with van der Waals surface area (Å²) in [4.78, 5) is 22.5. The molecule has 0 spiro atoms. The molecular formula is C20H24N2O4. The fourth-order valence-corrected chi connectivity index (χ4v) is 3.64. The van der Waals surface area contributed by atoms with Crippen molar-refractivity contribution in [1.82, 2.24) is 0 Å². The third-order valence-corrected chi connectivity index (χ3v) is 4.64. The van der Waals surface area contributed by atoms with Crippen LogP contribution in [0.25, 0.3) is 0 Å². The van der Waals surface area contributed by atoms with Gasteiger partial charge in [0.15, 0.2) is 0 Å². The molecule has 0 aliphatic carbocycles. The molecule has 0 radical (unpaired) electrons. The molecule has 6 nitrogen and oxygen atoms in total. The molecule has 0 N–H and O–H groups in total. The molecule has 0 bridgehead atoms. The molecule has 0 aliphatic rings. The Morgan fingerprint density at radius 2 is 1.19 bits per heavy atom. The summed E-state index contributed by atoms with van der Waals surface area (Å²) in [6.45, 7) is 5.87. The van der Waals surface area contributed by atoms with Crippen molar-refractivity contribution in [3.63, 3.8) is 0 Å². The highest BCUT2D eigenvalue weighted by molar-refractivity contribution is 5.57. The Labute approximate surface area is 153 Å². The molecule has 2 aromatic carbocycles. The van der Waals surface area contributed by atoms with Crippen molar-refractivity contribution in [2.45, 2.75) is 52.4 Å². The summed E-state index contributed by atoms with van der Waals surface area (Å²) in [5.41, 5.74) is 3.01. The Morgan fingerprint density at radius 1 is 0.808 bits per heavy atom. The maximum absolute atomic E-state index is 11.6. The van der Waals surface area contributed by atoms with Gasteiger partial charge < -0.3 is 0 Å². The highest BCUT2D eigenvalue weighted by Crippen LogP contribution is 2.40. The molecule has 0 amide bonds. The van der Waals surface area contributed by atoms with Crippen molar-refractivity contribution in [2.75, 3.05) is 0 Å². The quantitative estimate of drug-likeness (QED) is 0.457. The first-order chi connectivity index (χ1) is 12.4. The fraction of sp³-hybridized carbons (Fsp3) is 0.400. The van der Waals surface area contributed by atoms with Crippen LogP contribution in [0, 0.1) is 20.2 Å². The molecule has 138 valence electrons. The van der Waals surface area contributed by atoms with Gasteiger partial charge in [0.1, 0.15) is 0 Å². The monoisotopic (exact) mass is 356 g/mol. The molecule has 26 heavy (non-hydrogen) atoms. The molecule has 0 atom stereocenters. The van der Waals surface area contributed by atoms with Crippen LogP contribution >= 0.6 is 0 Å². The lowest BCUT2D eigenvalue weighted by atomic mass is 9.83. The van der Waals surface area contributed by atoms with E-state index in [0.717, 1.165) is 24.0 Å². The van der Waals surface area contributed by atoms with Crippen LogP contribution < -0.4 is 0 Å². The smallest absolute Gasteiger partial charge is 0.258 e. The van der Waals surface area contributed by atoms with E-state index >= 15 is 0 Å². The van der Waals surface area contributed by atoms with E-state index in [2.05, 4.69) is 0 Å². The highest BCUT2D eigenvalue weighted by atomic mass is 16.6. The van der Waals surface area contributed by atoms with Gasteiger partial charge in [0.25, 0.3) is 11.4 Å². The number of benzene rings is 2. The highest BCUT2D eigenvalue weighted by Gasteiger charge is 2.29. The van der Waals surface area contributed by atoms with Crippen molar-refractivity contribution in [3.05, 3.63) is 78.9 Å². The van der Waals surface area contributed by atoms with Crippen LogP contribution in [0.3, 0.4) is 0 Å². The third kappa shape index (κ3) is 3.90. The van der Waals surface area contributed by atoms with Gasteiger partial charge in [-0.25, -0.2) is 0 Å². The maximum atomic E-state index is 11.6. The first kappa shape index (κ1) is 19.6. The van der Waals surface area contributed by atoms with Crippen molar-refractivity contribution in [2.24, 2.45) is 0 Å². The normalized spacial score (nSPS) is 10.9. The van der Waals surface area contributed by atoms with Crippen LogP contribution in [0.15, 0.2) is 36.4 Å². The first-order valence-electron chi connectivity index (χ1n) is 8.94. The molecule has 0 aliphatic heterocycles. The van der Waals surface area contributed by atoms with Gasteiger partial charge in [-0.1, -0.05) is 57.9 Å². The maximum Gasteiger partial charge on any atom is 0.273 e. The largest absolute Gasteiger partial charge is 0.273 e. The Morgan fingerprint density at radius 3 is 1.50 bits per heavy atom. The van der Waals surface area contributed by atoms with Crippen LogP contribution in [0.5, 0.6) is 0 Å². The van der Waals surface area contributed by atoms with Gasteiger partial charge in [0.2, 0.25) is 0 Å². The van der Waals surface area contributed by atoms with E-state index in [-0.39, 0.29) is 21.2 Å². The van der Waals surface area contributed by atoms with Gasteiger partial charge >= 0.3 is 0 Å². The molecule has 0 unspecified atom stereocenters. The zero-order chi connectivity index (χ0) is 19.3. The van der Waals surface area contributed by atoms with Crippen LogP contribution in [0.4, 0.5) is 11.4 Å². The summed E-state index contributed by atoms with van der Waals surface area (Å²) in [7, 11) is 0. The number of hydrogen-bond acceptors (Lipinski definition) is 4. The van der Waals surface area contributed by atoms with Gasteiger partial charge in [-0.15, -0.1) is 0 Å². The van der Waals surface area contributed by atoms with E-state index in [1.54, 1.807) is 12.1 Å².